The smallest absolute Gasteiger partial charge is 0.164 e. The van der Waals surface area contributed by atoms with Crippen LogP contribution in [-0.4, -0.2) is 7.11 Å². The van der Waals surface area contributed by atoms with Crippen LogP contribution in [0.3, 0.4) is 0 Å². The molecule has 0 amide bonds. The van der Waals surface area contributed by atoms with Crippen LogP contribution in [0.15, 0.2) is 42.5 Å². The standard InChI is InChI=1S/C16H17ClO2/c1-3-12-8-6-10-15(18-2)16(12)19-11-13-7-4-5-9-14(13)17/h4-10H,3,11H2,1-2H3. The Morgan fingerprint density at radius 2 is 1.74 bits per heavy atom. The van der Waals surface area contributed by atoms with Crippen molar-refractivity contribution >= 4 is 11.6 Å². The Balaban J connectivity index is 2.21. The summed E-state index contributed by atoms with van der Waals surface area (Å²) < 4.78 is 11.3. The zero-order valence-corrected chi connectivity index (χ0v) is 11.9. The van der Waals surface area contributed by atoms with Gasteiger partial charge in [-0.25, -0.2) is 0 Å². The van der Waals surface area contributed by atoms with E-state index < -0.39 is 0 Å². The first-order valence-electron chi connectivity index (χ1n) is 6.28. The molecule has 19 heavy (non-hydrogen) atoms. The van der Waals surface area contributed by atoms with E-state index in [4.69, 9.17) is 21.1 Å². The maximum absolute atomic E-state index is 6.13. The average molecular weight is 277 g/mol. The Morgan fingerprint density at radius 3 is 2.42 bits per heavy atom. The van der Waals surface area contributed by atoms with Crippen molar-refractivity contribution in [2.75, 3.05) is 7.11 Å². The number of hydrogen-bond acceptors (Lipinski definition) is 2. The lowest BCUT2D eigenvalue weighted by molar-refractivity contribution is 0.281. The van der Waals surface area contributed by atoms with Crippen molar-refractivity contribution in [3.63, 3.8) is 0 Å². The zero-order valence-electron chi connectivity index (χ0n) is 11.2. The van der Waals surface area contributed by atoms with Crippen LogP contribution >= 0.6 is 11.6 Å². The molecule has 0 heterocycles. The van der Waals surface area contributed by atoms with Crippen molar-refractivity contribution in [3.05, 3.63) is 58.6 Å². The lowest BCUT2D eigenvalue weighted by Crippen LogP contribution is -2.01. The molecule has 0 saturated heterocycles. The van der Waals surface area contributed by atoms with Crippen LogP contribution < -0.4 is 9.47 Å². The first-order chi connectivity index (χ1) is 9.26. The van der Waals surface area contributed by atoms with Gasteiger partial charge in [0.1, 0.15) is 6.61 Å². The van der Waals surface area contributed by atoms with Gasteiger partial charge in [0.25, 0.3) is 0 Å². The number of aryl methyl sites for hydroxylation is 1. The highest BCUT2D eigenvalue weighted by Crippen LogP contribution is 2.32. The number of halogens is 1. The average Bonchev–Trinajstić information content (AvgIpc) is 2.46. The monoisotopic (exact) mass is 276 g/mol. The molecule has 0 bridgehead atoms. The number of para-hydroxylation sites is 1. The van der Waals surface area contributed by atoms with Crippen LogP contribution in [0.5, 0.6) is 11.5 Å². The van der Waals surface area contributed by atoms with Crippen LogP contribution in [0.25, 0.3) is 0 Å². The topological polar surface area (TPSA) is 18.5 Å². The fourth-order valence-corrected chi connectivity index (χ4v) is 2.12. The molecule has 0 spiro atoms. The molecule has 0 N–H and O–H groups in total. The van der Waals surface area contributed by atoms with E-state index in [1.807, 2.05) is 42.5 Å². The second-order valence-corrected chi connectivity index (χ2v) is 4.59. The normalized spacial score (nSPS) is 10.3. The van der Waals surface area contributed by atoms with E-state index in [-0.39, 0.29) is 0 Å². The van der Waals surface area contributed by atoms with E-state index in [2.05, 4.69) is 6.92 Å². The lowest BCUT2D eigenvalue weighted by Gasteiger charge is -2.14. The van der Waals surface area contributed by atoms with Crippen molar-refractivity contribution in [1.82, 2.24) is 0 Å². The van der Waals surface area contributed by atoms with Crippen LogP contribution in [0.2, 0.25) is 5.02 Å². The molecule has 0 radical (unpaired) electrons. The van der Waals surface area contributed by atoms with Crippen molar-refractivity contribution < 1.29 is 9.47 Å². The Morgan fingerprint density at radius 1 is 1.00 bits per heavy atom. The van der Waals surface area contributed by atoms with Gasteiger partial charge in [-0.2, -0.15) is 0 Å². The minimum atomic E-state index is 0.438. The highest BCUT2D eigenvalue weighted by Gasteiger charge is 2.10. The van der Waals surface area contributed by atoms with Gasteiger partial charge in [0, 0.05) is 10.6 Å². The lowest BCUT2D eigenvalue weighted by atomic mass is 10.1. The molecule has 2 aromatic rings. The summed E-state index contributed by atoms with van der Waals surface area (Å²) in [6, 6.07) is 13.6. The van der Waals surface area contributed by atoms with Crippen LogP contribution in [0, 0.1) is 0 Å². The molecule has 0 aromatic heterocycles. The fourth-order valence-electron chi connectivity index (χ4n) is 1.93. The summed E-state index contributed by atoms with van der Waals surface area (Å²) in [4.78, 5) is 0. The number of rotatable bonds is 5. The third-order valence-corrected chi connectivity index (χ3v) is 3.36. The second kappa shape index (κ2) is 6.48. The summed E-state index contributed by atoms with van der Waals surface area (Å²) in [6.07, 6.45) is 0.898. The van der Waals surface area contributed by atoms with E-state index in [1.165, 1.54) is 0 Å². The molecule has 2 rings (SSSR count). The zero-order chi connectivity index (χ0) is 13.7. The quantitative estimate of drug-likeness (QED) is 0.801. The Hall–Kier alpha value is -1.67. The molecular weight excluding hydrogens is 260 g/mol. The number of hydrogen-bond donors (Lipinski definition) is 0. The largest absolute Gasteiger partial charge is 0.493 e. The summed E-state index contributed by atoms with van der Waals surface area (Å²) >= 11 is 6.13. The SMILES string of the molecule is CCc1cccc(OC)c1OCc1ccccc1Cl. The number of methoxy groups -OCH3 is 1. The van der Waals surface area contributed by atoms with Gasteiger partial charge in [-0.05, 0) is 24.1 Å². The van der Waals surface area contributed by atoms with Gasteiger partial charge in [0.2, 0.25) is 0 Å². The highest BCUT2D eigenvalue weighted by molar-refractivity contribution is 6.31. The maximum Gasteiger partial charge on any atom is 0.164 e. The van der Waals surface area contributed by atoms with Gasteiger partial charge >= 0.3 is 0 Å². The molecule has 100 valence electrons. The van der Waals surface area contributed by atoms with Crippen molar-refractivity contribution in [2.45, 2.75) is 20.0 Å². The summed E-state index contributed by atoms with van der Waals surface area (Å²) in [5.74, 6) is 1.55. The molecule has 0 aliphatic carbocycles. The molecule has 0 atom stereocenters. The third kappa shape index (κ3) is 3.21. The molecule has 0 fully saturated rings. The molecule has 0 aliphatic rings. The van der Waals surface area contributed by atoms with Gasteiger partial charge in [0.15, 0.2) is 11.5 Å². The first kappa shape index (κ1) is 13.8. The maximum atomic E-state index is 6.13. The van der Waals surface area contributed by atoms with Crippen LogP contribution in [-0.2, 0) is 13.0 Å². The Kier molecular flexibility index (Phi) is 4.69. The Bertz CT molecular complexity index is 530. The predicted molar refractivity (Wildman–Crippen MR) is 78.2 cm³/mol. The highest BCUT2D eigenvalue weighted by atomic mass is 35.5. The fraction of sp³-hybridized carbons (Fsp3) is 0.250. The third-order valence-electron chi connectivity index (χ3n) is 2.99. The van der Waals surface area contributed by atoms with E-state index in [1.54, 1.807) is 7.11 Å². The number of ether oxygens (including phenoxy) is 2. The van der Waals surface area contributed by atoms with Gasteiger partial charge in [-0.1, -0.05) is 48.9 Å². The van der Waals surface area contributed by atoms with Crippen LogP contribution in [0.4, 0.5) is 0 Å². The Labute approximate surface area is 118 Å². The van der Waals surface area contributed by atoms with Crippen molar-refractivity contribution in [3.8, 4) is 11.5 Å². The van der Waals surface area contributed by atoms with E-state index in [0.717, 1.165) is 34.1 Å². The van der Waals surface area contributed by atoms with Gasteiger partial charge in [-0.15, -0.1) is 0 Å². The molecular formula is C16H17ClO2. The second-order valence-electron chi connectivity index (χ2n) is 4.18. The van der Waals surface area contributed by atoms with Crippen molar-refractivity contribution in [1.29, 1.82) is 0 Å². The van der Waals surface area contributed by atoms with E-state index in [9.17, 15) is 0 Å². The van der Waals surface area contributed by atoms with Gasteiger partial charge < -0.3 is 9.47 Å². The van der Waals surface area contributed by atoms with E-state index in [0.29, 0.717) is 6.61 Å². The molecule has 3 heteroatoms. The molecule has 0 unspecified atom stereocenters. The van der Waals surface area contributed by atoms with Crippen molar-refractivity contribution in [2.24, 2.45) is 0 Å². The summed E-state index contributed by atoms with van der Waals surface area (Å²) in [5.41, 5.74) is 2.10. The predicted octanol–water partition coefficient (Wildman–Crippen LogP) is 4.49. The van der Waals surface area contributed by atoms with Gasteiger partial charge in [0.05, 0.1) is 7.11 Å². The summed E-state index contributed by atoms with van der Waals surface area (Å²) in [7, 11) is 1.65. The van der Waals surface area contributed by atoms with Gasteiger partial charge in [-0.3, -0.25) is 0 Å². The molecule has 2 nitrogen and oxygen atoms in total. The minimum Gasteiger partial charge on any atom is -0.493 e. The molecule has 2 aromatic carbocycles. The molecule has 0 aliphatic heterocycles. The van der Waals surface area contributed by atoms with E-state index >= 15 is 0 Å². The summed E-state index contributed by atoms with van der Waals surface area (Å²) in [6.45, 7) is 2.53. The van der Waals surface area contributed by atoms with Crippen LogP contribution in [0.1, 0.15) is 18.1 Å². The minimum absolute atomic E-state index is 0.438. The summed E-state index contributed by atoms with van der Waals surface area (Å²) in [5, 5.41) is 0.718. The number of benzene rings is 2. The first-order valence-corrected chi connectivity index (χ1v) is 6.66. The molecule has 0 saturated carbocycles.